The first-order chi connectivity index (χ1) is 17.7. The van der Waals surface area contributed by atoms with E-state index in [1.807, 2.05) is 0 Å². The Balaban J connectivity index is 1.40. The van der Waals surface area contributed by atoms with E-state index in [2.05, 4.69) is 10.8 Å². The maximum absolute atomic E-state index is 13.8. The van der Waals surface area contributed by atoms with Crippen molar-refractivity contribution < 1.29 is 32.6 Å². The second-order valence-electron chi connectivity index (χ2n) is 9.33. The molecule has 2 aromatic carbocycles. The van der Waals surface area contributed by atoms with Crippen molar-refractivity contribution in [1.29, 1.82) is 0 Å². The lowest BCUT2D eigenvalue weighted by molar-refractivity contribution is -0.139. The lowest BCUT2D eigenvalue weighted by Gasteiger charge is -2.25. The summed E-state index contributed by atoms with van der Waals surface area (Å²) in [5, 5.41) is 12.2. The molecular weight excluding hydrogens is 509 g/mol. The van der Waals surface area contributed by atoms with Crippen LogP contribution in [0.25, 0.3) is 5.70 Å². The van der Waals surface area contributed by atoms with E-state index in [1.165, 1.54) is 6.07 Å². The molecule has 1 saturated carbocycles. The summed E-state index contributed by atoms with van der Waals surface area (Å²) >= 11 is 6.42. The zero-order valence-electron chi connectivity index (χ0n) is 20.3. The Morgan fingerprint density at radius 2 is 1.95 bits per heavy atom. The van der Waals surface area contributed by atoms with Gasteiger partial charge in [0.15, 0.2) is 0 Å². The van der Waals surface area contributed by atoms with Gasteiger partial charge in [0.2, 0.25) is 0 Å². The molecule has 0 bridgehead atoms. The van der Waals surface area contributed by atoms with Crippen molar-refractivity contribution in [2.24, 2.45) is 0 Å². The Kier molecular flexibility index (Phi) is 9.00. The average Bonchev–Trinajstić information content (AvgIpc) is 2.87. The van der Waals surface area contributed by atoms with Gasteiger partial charge in [0.25, 0.3) is 0 Å². The molecule has 0 unspecified atom stereocenters. The SMILES string of the molecule is O=C(O)CCNCc1cc2c(cc1Cl)C(NOCc1ccc(C3CCCCC3)c(C(F)(F)F)c1)=CCO2. The lowest BCUT2D eigenvalue weighted by Crippen LogP contribution is -2.20. The van der Waals surface area contributed by atoms with Gasteiger partial charge in [0, 0.05) is 23.7 Å². The summed E-state index contributed by atoms with van der Waals surface area (Å²) < 4.78 is 47.2. The number of carboxylic acids is 1. The number of carbonyl (C=O) groups is 1. The number of benzene rings is 2. The van der Waals surface area contributed by atoms with Crippen LogP contribution in [0, 0.1) is 0 Å². The number of aliphatic carboxylic acids is 1. The highest BCUT2D eigenvalue weighted by atomic mass is 35.5. The first-order valence-electron chi connectivity index (χ1n) is 12.4. The smallest absolute Gasteiger partial charge is 0.416 e. The van der Waals surface area contributed by atoms with Crippen LogP contribution in [0.3, 0.4) is 0 Å². The topological polar surface area (TPSA) is 79.8 Å². The number of nitrogens with one attached hydrogen (secondary N) is 2. The zero-order valence-corrected chi connectivity index (χ0v) is 21.1. The number of hydrogen-bond acceptors (Lipinski definition) is 5. The second kappa shape index (κ2) is 12.2. The Labute approximate surface area is 218 Å². The zero-order chi connectivity index (χ0) is 26.4. The largest absolute Gasteiger partial charge is 0.489 e. The Bertz CT molecular complexity index is 1150. The predicted molar refractivity (Wildman–Crippen MR) is 134 cm³/mol. The fourth-order valence-corrected chi connectivity index (χ4v) is 5.04. The molecule has 1 aliphatic carbocycles. The van der Waals surface area contributed by atoms with E-state index in [0.717, 1.165) is 37.7 Å². The highest BCUT2D eigenvalue weighted by molar-refractivity contribution is 6.31. The molecule has 3 N–H and O–H groups in total. The van der Waals surface area contributed by atoms with Crippen LogP contribution in [0.4, 0.5) is 13.2 Å². The van der Waals surface area contributed by atoms with Crippen LogP contribution in [0.5, 0.6) is 5.75 Å². The number of carboxylic acid groups (broad SMARTS) is 1. The first kappa shape index (κ1) is 27.3. The van der Waals surface area contributed by atoms with Gasteiger partial charge in [0.05, 0.1) is 24.3 Å². The molecule has 6 nitrogen and oxygen atoms in total. The number of halogens is 4. The minimum atomic E-state index is -4.42. The molecule has 0 atom stereocenters. The third-order valence-corrected chi connectivity index (χ3v) is 7.04. The van der Waals surface area contributed by atoms with Gasteiger partial charge >= 0.3 is 12.1 Å². The molecule has 2 aliphatic rings. The molecule has 1 fully saturated rings. The van der Waals surface area contributed by atoms with Gasteiger partial charge in [-0.1, -0.05) is 43.0 Å². The summed E-state index contributed by atoms with van der Waals surface area (Å²) in [4.78, 5) is 16.3. The Morgan fingerprint density at radius 3 is 2.68 bits per heavy atom. The predicted octanol–water partition coefficient (Wildman–Crippen LogP) is 6.43. The Morgan fingerprint density at radius 1 is 1.16 bits per heavy atom. The number of alkyl halides is 3. The van der Waals surface area contributed by atoms with E-state index in [1.54, 1.807) is 30.3 Å². The molecule has 0 saturated heterocycles. The Hall–Kier alpha value is -2.75. The minimum Gasteiger partial charge on any atom is -0.489 e. The summed E-state index contributed by atoms with van der Waals surface area (Å²) in [6.07, 6.45) is 1.92. The summed E-state index contributed by atoms with van der Waals surface area (Å²) in [6.45, 7) is 0.910. The summed E-state index contributed by atoms with van der Waals surface area (Å²) in [5.41, 5.74) is 5.08. The molecule has 1 aliphatic heterocycles. The van der Waals surface area contributed by atoms with Gasteiger partial charge in [0.1, 0.15) is 12.4 Å². The van der Waals surface area contributed by atoms with Gasteiger partial charge in [-0.3, -0.25) is 15.1 Å². The molecule has 10 heteroatoms. The molecular formula is C27H30ClF3N2O4. The fraction of sp³-hybridized carbons (Fsp3) is 0.444. The van der Waals surface area contributed by atoms with Crippen molar-refractivity contribution in [3.8, 4) is 5.75 Å². The van der Waals surface area contributed by atoms with Crippen LogP contribution in [0.1, 0.15) is 72.3 Å². The number of ether oxygens (including phenoxy) is 1. The minimum absolute atomic E-state index is 0.000969. The summed E-state index contributed by atoms with van der Waals surface area (Å²) in [5.74, 6) is -0.364. The van der Waals surface area contributed by atoms with Crippen molar-refractivity contribution >= 4 is 23.3 Å². The number of rotatable bonds is 10. The fourth-order valence-electron chi connectivity index (χ4n) is 4.81. The van der Waals surface area contributed by atoms with Crippen LogP contribution in [0.2, 0.25) is 5.02 Å². The normalized spacial score (nSPS) is 16.1. The van der Waals surface area contributed by atoms with Crippen molar-refractivity contribution in [2.75, 3.05) is 13.2 Å². The average molecular weight is 539 g/mol. The van der Waals surface area contributed by atoms with Crippen molar-refractivity contribution in [2.45, 2.75) is 63.8 Å². The van der Waals surface area contributed by atoms with E-state index >= 15 is 0 Å². The molecule has 1 heterocycles. The van der Waals surface area contributed by atoms with Crippen LogP contribution < -0.4 is 15.5 Å². The number of hydrogen-bond donors (Lipinski definition) is 3. The number of hydroxylamine groups is 1. The van der Waals surface area contributed by atoms with E-state index < -0.39 is 17.7 Å². The molecule has 0 radical (unpaired) electrons. The van der Waals surface area contributed by atoms with Crippen LogP contribution in [-0.4, -0.2) is 24.2 Å². The molecule has 0 spiro atoms. The van der Waals surface area contributed by atoms with Gasteiger partial charge in [-0.2, -0.15) is 13.2 Å². The molecule has 2 aromatic rings. The van der Waals surface area contributed by atoms with E-state index in [9.17, 15) is 18.0 Å². The molecule has 4 rings (SSSR count). The van der Waals surface area contributed by atoms with Crippen LogP contribution >= 0.6 is 11.6 Å². The van der Waals surface area contributed by atoms with E-state index in [-0.39, 0.29) is 25.6 Å². The van der Waals surface area contributed by atoms with Crippen LogP contribution in [-0.2, 0) is 29.0 Å². The maximum Gasteiger partial charge on any atom is 0.416 e. The molecule has 37 heavy (non-hydrogen) atoms. The van der Waals surface area contributed by atoms with Crippen molar-refractivity contribution in [3.05, 3.63) is 69.2 Å². The van der Waals surface area contributed by atoms with Gasteiger partial charge < -0.3 is 15.2 Å². The first-order valence-corrected chi connectivity index (χ1v) is 12.8. The van der Waals surface area contributed by atoms with E-state index in [4.69, 9.17) is 26.3 Å². The van der Waals surface area contributed by atoms with Crippen molar-refractivity contribution in [3.63, 3.8) is 0 Å². The van der Waals surface area contributed by atoms with E-state index in [0.29, 0.717) is 46.2 Å². The number of fused-ring (bicyclic) bond motifs is 1. The molecule has 0 aromatic heterocycles. The lowest BCUT2D eigenvalue weighted by atomic mass is 9.81. The van der Waals surface area contributed by atoms with Crippen molar-refractivity contribution in [1.82, 2.24) is 10.8 Å². The highest BCUT2D eigenvalue weighted by Gasteiger charge is 2.35. The third kappa shape index (κ3) is 7.18. The maximum atomic E-state index is 13.8. The van der Waals surface area contributed by atoms with Gasteiger partial charge in [-0.25, -0.2) is 0 Å². The van der Waals surface area contributed by atoms with Crippen LogP contribution in [0.15, 0.2) is 36.4 Å². The monoisotopic (exact) mass is 538 g/mol. The third-order valence-electron chi connectivity index (χ3n) is 6.69. The molecule has 0 amide bonds. The van der Waals surface area contributed by atoms with Gasteiger partial charge in [-0.05, 0) is 59.7 Å². The molecule has 200 valence electrons. The second-order valence-corrected chi connectivity index (χ2v) is 9.74. The quantitative estimate of drug-likeness (QED) is 0.239. The highest BCUT2D eigenvalue weighted by Crippen LogP contribution is 2.41. The summed E-state index contributed by atoms with van der Waals surface area (Å²) in [7, 11) is 0. The standard InChI is InChI=1S/C27H30ClF3N2O4/c28-23-14-21-24(9-11-36-25(21)13-19(23)15-32-10-8-26(34)35)33-37-16-17-6-7-20(18-4-2-1-3-5-18)22(12-17)27(29,30)31/h6-7,9,12-14,18,32-33H,1-5,8,10-11,15-16H2,(H,34,35). The summed E-state index contributed by atoms with van der Waals surface area (Å²) in [6, 6.07) is 7.99. The van der Waals surface area contributed by atoms with Gasteiger partial charge in [-0.15, -0.1) is 0 Å².